The van der Waals surface area contributed by atoms with Crippen molar-refractivity contribution in [3.05, 3.63) is 77.7 Å². The van der Waals surface area contributed by atoms with Gasteiger partial charge in [0.2, 0.25) is 0 Å². The third-order valence-corrected chi connectivity index (χ3v) is 2.68. The Labute approximate surface area is 117 Å². The minimum absolute atomic E-state index is 0.324. The predicted molar refractivity (Wildman–Crippen MR) is 77.2 cm³/mol. The molecule has 2 amide bonds. The molecule has 0 saturated heterocycles. The molecule has 0 fully saturated rings. The van der Waals surface area contributed by atoms with Crippen LogP contribution in [0.2, 0.25) is 0 Å². The number of hydrogen-bond donors (Lipinski definition) is 2. The summed E-state index contributed by atoms with van der Waals surface area (Å²) >= 11 is 0. The van der Waals surface area contributed by atoms with Gasteiger partial charge in [-0.3, -0.25) is 0 Å². The van der Waals surface area contributed by atoms with Gasteiger partial charge in [-0.2, -0.15) is 0 Å². The van der Waals surface area contributed by atoms with E-state index in [-0.39, 0.29) is 11.8 Å². The molecule has 0 aliphatic rings. The highest BCUT2D eigenvalue weighted by Crippen LogP contribution is 2.07. The molecule has 0 aromatic heterocycles. The topological polar surface area (TPSA) is 41.1 Å². The van der Waals surface area contributed by atoms with E-state index in [1.54, 1.807) is 18.2 Å². The number of amides is 2. The molecule has 4 heteroatoms. The van der Waals surface area contributed by atoms with Gasteiger partial charge in [0, 0.05) is 18.3 Å². The minimum Gasteiger partial charge on any atom is -0.334 e. The number of nitrogens with one attached hydrogen (secondary N) is 2. The Morgan fingerprint density at radius 1 is 1.05 bits per heavy atom. The van der Waals surface area contributed by atoms with E-state index in [4.69, 9.17) is 0 Å². The zero-order valence-electron chi connectivity index (χ0n) is 10.8. The Morgan fingerprint density at radius 2 is 1.75 bits per heavy atom. The van der Waals surface area contributed by atoms with Crippen molar-refractivity contribution in [1.82, 2.24) is 10.6 Å². The van der Waals surface area contributed by atoms with E-state index in [0.717, 1.165) is 5.56 Å². The largest absolute Gasteiger partial charge is 0.334 e. The first kappa shape index (κ1) is 13.8. The summed E-state index contributed by atoms with van der Waals surface area (Å²) < 4.78 is 13.3. The molecule has 2 rings (SSSR count). The quantitative estimate of drug-likeness (QED) is 0.879. The van der Waals surface area contributed by atoms with Gasteiger partial charge in [-0.15, -0.1) is 0 Å². The van der Waals surface area contributed by atoms with Crippen LogP contribution in [0, 0.1) is 5.82 Å². The third kappa shape index (κ3) is 4.24. The Kier molecular flexibility index (Phi) is 4.89. The predicted octanol–water partition coefficient (Wildman–Crippen LogP) is 3.30. The number of rotatable bonds is 4. The second-order valence-electron chi connectivity index (χ2n) is 4.17. The molecule has 0 aliphatic heterocycles. The second-order valence-corrected chi connectivity index (χ2v) is 4.17. The number of carbonyl (C=O) groups excluding carboxylic acids is 1. The molecule has 20 heavy (non-hydrogen) atoms. The summed E-state index contributed by atoms with van der Waals surface area (Å²) in [6.07, 6.45) is 2.93. The standard InChI is InChI=1S/C16H15FN2O/c17-15-9-5-4-8-14(15)10-11-18-16(20)19-12-13-6-2-1-3-7-13/h1-11H,12H2,(H2,18,19,20)/b11-10+. The van der Waals surface area contributed by atoms with Gasteiger partial charge in [0.05, 0.1) is 0 Å². The van der Waals surface area contributed by atoms with E-state index in [0.29, 0.717) is 12.1 Å². The maximum Gasteiger partial charge on any atom is 0.319 e. The lowest BCUT2D eigenvalue weighted by Gasteiger charge is -2.04. The van der Waals surface area contributed by atoms with Crippen molar-refractivity contribution in [3.63, 3.8) is 0 Å². The molecule has 0 unspecified atom stereocenters. The van der Waals surface area contributed by atoms with Gasteiger partial charge < -0.3 is 10.6 Å². The summed E-state index contributed by atoms with van der Waals surface area (Å²) in [6, 6.07) is 15.6. The molecule has 0 aliphatic carbocycles. The lowest BCUT2D eigenvalue weighted by molar-refractivity contribution is 0.244. The van der Waals surface area contributed by atoms with Crippen LogP contribution in [0.1, 0.15) is 11.1 Å². The average Bonchev–Trinajstić information content (AvgIpc) is 2.48. The van der Waals surface area contributed by atoms with Gasteiger partial charge in [-0.25, -0.2) is 9.18 Å². The Hall–Kier alpha value is -2.62. The van der Waals surface area contributed by atoms with Gasteiger partial charge in [0.15, 0.2) is 0 Å². The summed E-state index contributed by atoms with van der Waals surface area (Å²) in [4.78, 5) is 11.5. The van der Waals surface area contributed by atoms with Crippen LogP contribution >= 0.6 is 0 Å². The van der Waals surface area contributed by atoms with Crippen LogP contribution in [0.4, 0.5) is 9.18 Å². The van der Waals surface area contributed by atoms with E-state index in [1.807, 2.05) is 30.3 Å². The van der Waals surface area contributed by atoms with Crippen LogP contribution < -0.4 is 10.6 Å². The van der Waals surface area contributed by atoms with Gasteiger partial charge in [-0.1, -0.05) is 48.5 Å². The highest BCUT2D eigenvalue weighted by atomic mass is 19.1. The summed E-state index contributed by atoms with van der Waals surface area (Å²) in [6.45, 7) is 0.445. The molecule has 2 aromatic rings. The van der Waals surface area contributed by atoms with Crippen molar-refractivity contribution < 1.29 is 9.18 Å². The molecular weight excluding hydrogens is 255 g/mol. The monoisotopic (exact) mass is 270 g/mol. The average molecular weight is 270 g/mol. The number of urea groups is 1. The number of benzene rings is 2. The van der Waals surface area contributed by atoms with Crippen molar-refractivity contribution >= 4 is 12.1 Å². The Morgan fingerprint density at radius 3 is 2.50 bits per heavy atom. The molecule has 2 aromatic carbocycles. The number of carbonyl (C=O) groups is 1. The third-order valence-electron chi connectivity index (χ3n) is 2.68. The maximum atomic E-state index is 13.3. The second kappa shape index (κ2) is 7.09. The lowest BCUT2D eigenvalue weighted by atomic mass is 10.2. The normalized spacial score (nSPS) is 10.4. The zero-order valence-corrected chi connectivity index (χ0v) is 10.8. The van der Waals surface area contributed by atoms with Crippen molar-refractivity contribution in [2.45, 2.75) is 6.54 Å². The maximum absolute atomic E-state index is 13.3. The number of hydrogen-bond acceptors (Lipinski definition) is 1. The fourth-order valence-electron chi connectivity index (χ4n) is 1.65. The summed E-state index contributed by atoms with van der Waals surface area (Å²) in [5.41, 5.74) is 1.44. The molecular formula is C16H15FN2O. The van der Waals surface area contributed by atoms with Crippen LogP contribution in [0.3, 0.4) is 0 Å². The minimum atomic E-state index is -0.332. The zero-order chi connectivity index (χ0) is 14.2. The van der Waals surface area contributed by atoms with Gasteiger partial charge in [0.25, 0.3) is 0 Å². The molecule has 3 nitrogen and oxygen atoms in total. The molecule has 0 atom stereocenters. The molecule has 0 saturated carbocycles. The van der Waals surface area contributed by atoms with Crippen LogP contribution in [-0.2, 0) is 6.54 Å². The first-order chi connectivity index (χ1) is 9.75. The molecule has 0 heterocycles. The Balaban J connectivity index is 1.79. The summed E-state index contributed by atoms with van der Waals surface area (Å²) in [5, 5.41) is 5.24. The van der Waals surface area contributed by atoms with E-state index >= 15 is 0 Å². The van der Waals surface area contributed by atoms with E-state index in [2.05, 4.69) is 10.6 Å². The molecule has 102 valence electrons. The Bertz CT molecular complexity index is 596. The molecule has 0 spiro atoms. The lowest BCUT2D eigenvalue weighted by Crippen LogP contribution is -2.31. The highest BCUT2D eigenvalue weighted by Gasteiger charge is 1.98. The fourth-order valence-corrected chi connectivity index (χ4v) is 1.65. The summed E-state index contributed by atoms with van der Waals surface area (Å²) in [7, 11) is 0. The first-order valence-electron chi connectivity index (χ1n) is 6.25. The number of halogens is 1. The molecule has 2 N–H and O–H groups in total. The fraction of sp³-hybridized carbons (Fsp3) is 0.0625. The molecule has 0 bridgehead atoms. The van der Waals surface area contributed by atoms with Crippen molar-refractivity contribution in [3.8, 4) is 0 Å². The van der Waals surface area contributed by atoms with Crippen LogP contribution in [-0.4, -0.2) is 6.03 Å². The van der Waals surface area contributed by atoms with Gasteiger partial charge in [0.1, 0.15) is 5.82 Å². The van der Waals surface area contributed by atoms with Gasteiger partial charge in [-0.05, 0) is 17.7 Å². The van der Waals surface area contributed by atoms with Crippen molar-refractivity contribution in [2.24, 2.45) is 0 Å². The van der Waals surface area contributed by atoms with Crippen molar-refractivity contribution in [2.75, 3.05) is 0 Å². The first-order valence-corrected chi connectivity index (χ1v) is 6.25. The van der Waals surface area contributed by atoms with Crippen molar-refractivity contribution in [1.29, 1.82) is 0 Å². The van der Waals surface area contributed by atoms with E-state index < -0.39 is 0 Å². The SMILES string of the molecule is O=C(N/C=C/c1ccccc1F)NCc1ccccc1. The highest BCUT2D eigenvalue weighted by molar-refractivity contribution is 5.75. The van der Waals surface area contributed by atoms with Crippen LogP contribution in [0.5, 0.6) is 0 Å². The summed E-state index contributed by atoms with van der Waals surface area (Å²) in [5.74, 6) is -0.324. The van der Waals surface area contributed by atoms with Crippen LogP contribution in [0.15, 0.2) is 60.8 Å². The van der Waals surface area contributed by atoms with Gasteiger partial charge >= 0.3 is 6.03 Å². The van der Waals surface area contributed by atoms with E-state index in [1.165, 1.54) is 18.3 Å². The molecule has 0 radical (unpaired) electrons. The van der Waals surface area contributed by atoms with Crippen LogP contribution in [0.25, 0.3) is 6.08 Å². The van der Waals surface area contributed by atoms with E-state index in [9.17, 15) is 9.18 Å². The smallest absolute Gasteiger partial charge is 0.319 e.